The van der Waals surface area contributed by atoms with E-state index in [1.54, 1.807) is 28.4 Å². The van der Waals surface area contributed by atoms with E-state index in [0.29, 0.717) is 41.7 Å². The molecule has 3 aromatic carbocycles. The van der Waals surface area contributed by atoms with Crippen LogP contribution < -0.4 is 18.9 Å². The van der Waals surface area contributed by atoms with Crippen LogP contribution in [-0.2, 0) is 13.1 Å². The summed E-state index contributed by atoms with van der Waals surface area (Å²) in [7, 11) is 6.45. The predicted molar refractivity (Wildman–Crippen MR) is 124 cm³/mol. The maximum atomic E-state index is 13.0. The van der Waals surface area contributed by atoms with E-state index < -0.39 is 0 Å². The molecular formula is C26H29NO5. The predicted octanol–water partition coefficient (Wildman–Crippen LogP) is 4.61. The van der Waals surface area contributed by atoms with Crippen molar-refractivity contribution in [3.05, 3.63) is 83.4 Å². The van der Waals surface area contributed by atoms with Gasteiger partial charge in [-0.25, -0.2) is 0 Å². The molecule has 0 N–H and O–H groups in total. The van der Waals surface area contributed by atoms with Gasteiger partial charge in [0.15, 0.2) is 28.8 Å². The van der Waals surface area contributed by atoms with Gasteiger partial charge in [-0.15, -0.1) is 0 Å². The molecule has 0 heterocycles. The van der Waals surface area contributed by atoms with Crippen LogP contribution >= 0.6 is 0 Å². The van der Waals surface area contributed by atoms with Crippen molar-refractivity contribution in [1.82, 2.24) is 4.90 Å². The molecule has 0 unspecified atom stereocenters. The van der Waals surface area contributed by atoms with Gasteiger partial charge < -0.3 is 18.9 Å². The Balaban J connectivity index is 1.90. The Kier molecular flexibility index (Phi) is 8.11. The van der Waals surface area contributed by atoms with E-state index >= 15 is 0 Å². The lowest BCUT2D eigenvalue weighted by atomic mass is 10.1. The Bertz CT molecular complexity index is 1040. The van der Waals surface area contributed by atoms with Crippen LogP contribution in [0, 0.1) is 0 Å². The number of rotatable bonds is 11. The zero-order chi connectivity index (χ0) is 22.9. The summed E-state index contributed by atoms with van der Waals surface area (Å²) < 4.78 is 21.8. The largest absolute Gasteiger partial charge is 0.493 e. The number of para-hydroxylation sites is 1. The van der Waals surface area contributed by atoms with Gasteiger partial charge in [0.05, 0.1) is 35.0 Å². The molecule has 0 aliphatic heterocycles. The van der Waals surface area contributed by atoms with E-state index in [4.69, 9.17) is 18.9 Å². The molecule has 3 aromatic rings. The number of benzene rings is 3. The Morgan fingerprint density at radius 1 is 0.719 bits per heavy atom. The molecule has 0 fully saturated rings. The molecule has 0 radical (unpaired) electrons. The summed E-state index contributed by atoms with van der Waals surface area (Å²) >= 11 is 0. The van der Waals surface area contributed by atoms with Crippen LogP contribution in [0.25, 0.3) is 0 Å². The summed E-state index contributed by atoms with van der Waals surface area (Å²) in [5.41, 5.74) is 2.63. The van der Waals surface area contributed by atoms with Crippen LogP contribution in [0.1, 0.15) is 21.5 Å². The van der Waals surface area contributed by atoms with Crippen molar-refractivity contribution in [2.75, 3.05) is 35.0 Å². The maximum Gasteiger partial charge on any atom is 0.176 e. The van der Waals surface area contributed by atoms with Crippen LogP contribution in [0.3, 0.4) is 0 Å². The van der Waals surface area contributed by atoms with Crippen LogP contribution in [0.5, 0.6) is 23.0 Å². The third-order valence-corrected chi connectivity index (χ3v) is 5.20. The zero-order valence-electron chi connectivity index (χ0n) is 19.0. The van der Waals surface area contributed by atoms with Crippen molar-refractivity contribution < 1.29 is 23.7 Å². The first-order chi connectivity index (χ1) is 15.6. The van der Waals surface area contributed by atoms with Gasteiger partial charge in [-0.2, -0.15) is 0 Å². The van der Waals surface area contributed by atoms with E-state index in [2.05, 4.69) is 4.90 Å². The molecule has 0 saturated carbocycles. The average molecular weight is 436 g/mol. The lowest BCUT2D eigenvalue weighted by molar-refractivity contribution is 0.0919. The van der Waals surface area contributed by atoms with Crippen LogP contribution in [0.15, 0.2) is 66.7 Å². The molecule has 0 aliphatic rings. The van der Waals surface area contributed by atoms with Gasteiger partial charge in [-0.1, -0.05) is 48.5 Å². The van der Waals surface area contributed by atoms with Crippen molar-refractivity contribution in [2.24, 2.45) is 0 Å². The summed E-state index contributed by atoms with van der Waals surface area (Å²) in [6.07, 6.45) is 0. The molecule has 0 spiro atoms. The monoisotopic (exact) mass is 435 g/mol. The average Bonchev–Trinajstić information content (AvgIpc) is 2.84. The molecule has 3 rings (SSSR count). The van der Waals surface area contributed by atoms with Crippen molar-refractivity contribution in [3.8, 4) is 23.0 Å². The summed E-state index contributed by atoms with van der Waals surface area (Å²) in [6, 6.07) is 20.9. The molecule has 0 aromatic heterocycles. The quantitative estimate of drug-likeness (QED) is 0.410. The van der Waals surface area contributed by atoms with Gasteiger partial charge in [-0.3, -0.25) is 9.69 Å². The third kappa shape index (κ3) is 5.59. The molecular weight excluding hydrogens is 406 g/mol. The first-order valence-electron chi connectivity index (χ1n) is 10.3. The van der Waals surface area contributed by atoms with Crippen molar-refractivity contribution in [3.63, 3.8) is 0 Å². The Labute approximate surface area is 189 Å². The second-order valence-corrected chi connectivity index (χ2v) is 7.28. The van der Waals surface area contributed by atoms with Gasteiger partial charge in [-0.05, 0) is 23.8 Å². The number of methoxy groups -OCH3 is 4. The van der Waals surface area contributed by atoms with Crippen molar-refractivity contribution >= 4 is 5.78 Å². The smallest absolute Gasteiger partial charge is 0.176 e. The third-order valence-electron chi connectivity index (χ3n) is 5.20. The van der Waals surface area contributed by atoms with E-state index in [1.165, 1.54) is 0 Å². The highest BCUT2D eigenvalue weighted by molar-refractivity contribution is 5.97. The Hall–Kier alpha value is -3.51. The fraction of sp³-hybridized carbons (Fsp3) is 0.269. The highest BCUT2D eigenvalue weighted by Gasteiger charge is 2.18. The molecule has 6 nitrogen and oxygen atoms in total. The number of ketones is 1. The SMILES string of the molecule is COc1ccc(CN(CC(=O)c2ccccc2)Cc2cccc(OC)c2OC)cc1OC. The van der Waals surface area contributed by atoms with Crippen molar-refractivity contribution in [2.45, 2.75) is 13.1 Å². The van der Waals surface area contributed by atoms with Crippen molar-refractivity contribution in [1.29, 1.82) is 0 Å². The number of nitrogens with zero attached hydrogens (tertiary/aromatic N) is 1. The van der Waals surface area contributed by atoms with Gasteiger partial charge in [0.2, 0.25) is 0 Å². The molecule has 0 aliphatic carbocycles. The lowest BCUT2D eigenvalue weighted by Gasteiger charge is -2.24. The lowest BCUT2D eigenvalue weighted by Crippen LogP contribution is -2.29. The number of carbonyl (C=O) groups is 1. The highest BCUT2D eigenvalue weighted by Crippen LogP contribution is 2.32. The number of Topliss-reactive ketones (excluding diaryl/α,β-unsaturated/α-hetero) is 1. The first-order valence-corrected chi connectivity index (χ1v) is 10.3. The number of hydrogen-bond donors (Lipinski definition) is 0. The molecule has 0 saturated heterocycles. The first kappa shape index (κ1) is 23.2. The molecule has 0 bridgehead atoms. The van der Waals surface area contributed by atoms with Gasteiger partial charge in [0.25, 0.3) is 0 Å². The topological polar surface area (TPSA) is 57.2 Å². The molecule has 0 atom stereocenters. The summed E-state index contributed by atoms with van der Waals surface area (Å²) in [5.74, 6) is 2.69. The normalized spacial score (nSPS) is 10.7. The van der Waals surface area contributed by atoms with E-state index in [1.807, 2.05) is 66.7 Å². The minimum atomic E-state index is 0.0490. The van der Waals surface area contributed by atoms with Gasteiger partial charge in [0, 0.05) is 24.2 Å². The van der Waals surface area contributed by atoms with Crippen LogP contribution in [0.2, 0.25) is 0 Å². The van der Waals surface area contributed by atoms with E-state index in [-0.39, 0.29) is 12.3 Å². The van der Waals surface area contributed by atoms with E-state index in [9.17, 15) is 4.79 Å². The molecule has 168 valence electrons. The van der Waals surface area contributed by atoms with Gasteiger partial charge in [0.1, 0.15) is 0 Å². The summed E-state index contributed by atoms with van der Waals surface area (Å²) in [4.78, 5) is 15.1. The fourth-order valence-corrected chi connectivity index (χ4v) is 3.64. The Morgan fingerprint density at radius 3 is 2.09 bits per heavy atom. The fourth-order valence-electron chi connectivity index (χ4n) is 3.64. The van der Waals surface area contributed by atoms with Crippen LogP contribution in [-0.4, -0.2) is 45.7 Å². The summed E-state index contributed by atoms with van der Waals surface area (Å²) in [6.45, 7) is 1.30. The minimum Gasteiger partial charge on any atom is -0.493 e. The van der Waals surface area contributed by atoms with Crippen LogP contribution in [0.4, 0.5) is 0 Å². The standard InChI is InChI=1S/C26H29NO5/c1-29-23-14-13-19(15-25(23)31-3)16-27(18-22(28)20-9-6-5-7-10-20)17-21-11-8-12-24(30-2)26(21)32-4/h5-15H,16-18H2,1-4H3. The molecule has 0 amide bonds. The second kappa shape index (κ2) is 11.2. The summed E-state index contributed by atoms with van der Waals surface area (Å²) in [5, 5.41) is 0. The molecule has 6 heteroatoms. The Morgan fingerprint density at radius 2 is 1.44 bits per heavy atom. The zero-order valence-corrected chi connectivity index (χ0v) is 19.0. The number of carbonyl (C=O) groups excluding carboxylic acids is 1. The maximum absolute atomic E-state index is 13.0. The highest BCUT2D eigenvalue weighted by atomic mass is 16.5. The van der Waals surface area contributed by atoms with E-state index in [0.717, 1.165) is 11.1 Å². The molecule has 32 heavy (non-hydrogen) atoms. The number of hydrogen-bond acceptors (Lipinski definition) is 6. The minimum absolute atomic E-state index is 0.0490. The second-order valence-electron chi connectivity index (χ2n) is 7.28. The number of ether oxygens (including phenoxy) is 4. The van der Waals surface area contributed by atoms with Gasteiger partial charge >= 0.3 is 0 Å².